The van der Waals surface area contributed by atoms with E-state index in [4.69, 9.17) is 17.3 Å². The molecule has 17 heavy (non-hydrogen) atoms. The number of rotatable bonds is 2. The first kappa shape index (κ1) is 12.6. The van der Waals surface area contributed by atoms with E-state index in [0.29, 0.717) is 0 Å². The maximum Gasteiger partial charge on any atom is 0.250 e. The second kappa shape index (κ2) is 3.85. The largest absolute Gasteiger partial charge is 0.330 e. The van der Waals surface area contributed by atoms with Gasteiger partial charge < -0.3 is 5.73 Å². The molecule has 1 fully saturated rings. The highest BCUT2D eigenvalue weighted by Crippen LogP contribution is 2.53. The summed E-state index contributed by atoms with van der Waals surface area (Å²) in [6.45, 7) is -0.152. The average Bonchev–Trinajstić information content (AvgIpc) is 2.19. The molecule has 0 amide bonds. The lowest BCUT2D eigenvalue weighted by atomic mass is 9.62. The molecule has 1 aromatic carbocycles. The molecule has 1 aliphatic rings. The third kappa shape index (κ3) is 2.02. The van der Waals surface area contributed by atoms with E-state index in [2.05, 4.69) is 0 Å². The van der Waals surface area contributed by atoms with Crippen molar-refractivity contribution in [2.45, 2.75) is 24.2 Å². The lowest BCUT2D eigenvalue weighted by Crippen LogP contribution is -2.54. The molecule has 1 aromatic rings. The fourth-order valence-corrected chi connectivity index (χ4v) is 2.46. The topological polar surface area (TPSA) is 26.0 Å². The fraction of sp³-hybridized carbons (Fsp3) is 0.455. The number of halogens is 5. The Morgan fingerprint density at radius 3 is 2.24 bits per heavy atom. The van der Waals surface area contributed by atoms with Gasteiger partial charge in [0.05, 0.1) is 5.02 Å². The third-order valence-electron chi connectivity index (χ3n) is 3.17. The molecule has 2 N–H and O–H groups in total. The molecule has 94 valence electrons. The van der Waals surface area contributed by atoms with Crippen molar-refractivity contribution in [2.75, 3.05) is 6.54 Å². The van der Waals surface area contributed by atoms with Gasteiger partial charge in [0, 0.05) is 24.8 Å². The van der Waals surface area contributed by atoms with Crippen LogP contribution in [-0.2, 0) is 5.41 Å². The molecule has 1 aliphatic carbocycles. The maximum atomic E-state index is 13.6. The van der Waals surface area contributed by atoms with Gasteiger partial charge in [0.1, 0.15) is 11.6 Å². The zero-order valence-corrected chi connectivity index (χ0v) is 9.50. The van der Waals surface area contributed by atoms with Crippen LogP contribution in [0.2, 0.25) is 5.02 Å². The van der Waals surface area contributed by atoms with E-state index in [9.17, 15) is 17.6 Å². The van der Waals surface area contributed by atoms with Gasteiger partial charge in [0.15, 0.2) is 0 Å². The average molecular weight is 268 g/mol. The Morgan fingerprint density at radius 1 is 1.18 bits per heavy atom. The molecule has 0 saturated heterocycles. The monoisotopic (exact) mass is 267 g/mol. The van der Waals surface area contributed by atoms with Crippen LogP contribution in [0.15, 0.2) is 12.1 Å². The second-order valence-electron chi connectivity index (χ2n) is 4.44. The van der Waals surface area contributed by atoms with Crippen molar-refractivity contribution in [3.63, 3.8) is 0 Å². The molecule has 1 saturated carbocycles. The zero-order valence-electron chi connectivity index (χ0n) is 8.74. The number of nitrogens with two attached hydrogens (primary N) is 1. The van der Waals surface area contributed by atoms with Crippen molar-refractivity contribution in [3.8, 4) is 0 Å². The third-order valence-corrected chi connectivity index (χ3v) is 3.46. The molecule has 0 spiro atoms. The van der Waals surface area contributed by atoms with Crippen molar-refractivity contribution in [2.24, 2.45) is 5.73 Å². The minimum absolute atomic E-state index is 0.118. The normalized spacial score (nSPS) is 21.1. The summed E-state index contributed by atoms with van der Waals surface area (Å²) >= 11 is 5.40. The first-order chi connectivity index (χ1) is 7.80. The summed E-state index contributed by atoms with van der Waals surface area (Å²) in [6.07, 6.45) is -1.12. The van der Waals surface area contributed by atoms with Crippen LogP contribution < -0.4 is 5.73 Å². The molecular weight excluding hydrogens is 258 g/mol. The minimum Gasteiger partial charge on any atom is -0.330 e. The van der Waals surface area contributed by atoms with Crippen LogP contribution in [0.25, 0.3) is 0 Å². The number of alkyl halides is 2. The van der Waals surface area contributed by atoms with E-state index in [0.717, 1.165) is 12.1 Å². The number of hydrogen-bond acceptors (Lipinski definition) is 1. The molecule has 0 aliphatic heterocycles. The predicted octanol–water partition coefficient (Wildman–Crippen LogP) is 3.24. The predicted molar refractivity (Wildman–Crippen MR) is 56.3 cm³/mol. The van der Waals surface area contributed by atoms with Crippen molar-refractivity contribution in [1.82, 2.24) is 0 Å². The Kier molecular flexibility index (Phi) is 2.86. The van der Waals surface area contributed by atoms with Gasteiger partial charge in [-0.1, -0.05) is 11.6 Å². The van der Waals surface area contributed by atoms with Crippen LogP contribution in [0.1, 0.15) is 18.4 Å². The van der Waals surface area contributed by atoms with E-state index in [-0.39, 0.29) is 17.1 Å². The second-order valence-corrected chi connectivity index (χ2v) is 4.85. The maximum absolute atomic E-state index is 13.6. The molecule has 0 aromatic heterocycles. The zero-order chi connectivity index (χ0) is 12.8. The highest BCUT2D eigenvalue weighted by atomic mass is 35.5. The van der Waals surface area contributed by atoms with Crippen LogP contribution in [0.4, 0.5) is 17.6 Å². The Morgan fingerprint density at radius 2 is 1.76 bits per heavy atom. The molecule has 0 radical (unpaired) electrons. The summed E-state index contributed by atoms with van der Waals surface area (Å²) in [5, 5.41) is -0.371. The Hall–Kier alpha value is -0.810. The summed E-state index contributed by atoms with van der Waals surface area (Å²) in [5.41, 5.74) is 4.12. The molecule has 6 heteroatoms. The Labute approximate surface area is 101 Å². The standard InChI is InChI=1S/C11H10ClF4N/c12-7-2-8(13)6(1-9(7)14)10(5-17)3-11(15,16)4-10/h1-2H,3-5,17H2. The van der Waals surface area contributed by atoms with Crippen LogP contribution >= 0.6 is 11.6 Å². The molecule has 0 heterocycles. The van der Waals surface area contributed by atoms with E-state index < -0.39 is 35.8 Å². The molecule has 0 bridgehead atoms. The van der Waals surface area contributed by atoms with Gasteiger partial charge in [0.25, 0.3) is 0 Å². The van der Waals surface area contributed by atoms with Crippen molar-refractivity contribution >= 4 is 11.6 Å². The van der Waals surface area contributed by atoms with E-state index >= 15 is 0 Å². The molecule has 0 atom stereocenters. The summed E-state index contributed by atoms with van der Waals surface area (Å²) in [4.78, 5) is 0. The van der Waals surface area contributed by atoms with Gasteiger partial charge in [-0.2, -0.15) is 0 Å². The minimum atomic E-state index is -2.86. The van der Waals surface area contributed by atoms with Gasteiger partial charge in [-0.05, 0) is 17.7 Å². The van der Waals surface area contributed by atoms with E-state index in [1.54, 1.807) is 0 Å². The molecule has 2 rings (SSSR count). The number of hydrogen-bond donors (Lipinski definition) is 1. The lowest BCUT2D eigenvalue weighted by molar-refractivity contribution is -0.124. The number of benzene rings is 1. The molecule has 0 unspecified atom stereocenters. The van der Waals surface area contributed by atoms with E-state index in [1.165, 1.54) is 0 Å². The van der Waals surface area contributed by atoms with Crippen molar-refractivity contribution < 1.29 is 17.6 Å². The lowest BCUT2D eigenvalue weighted by Gasteiger charge is -2.47. The van der Waals surface area contributed by atoms with Crippen LogP contribution in [0.5, 0.6) is 0 Å². The first-order valence-corrected chi connectivity index (χ1v) is 5.40. The Bertz CT molecular complexity index is 453. The van der Waals surface area contributed by atoms with Crippen molar-refractivity contribution in [3.05, 3.63) is 34.4 Å². The van der Waals surface area contributed by atoms with Crippen LogP contribution in [-0.4, -0.2) is 12.5 Å². The van der Waals surface area contributed by atoms with E-state index in [1.807, 2.05) is 0 Å². The summed E-state index contributed by atoms with van der Waals surface area (Å²) in [7, 11) is 0. The van der Waals surface area contributed by atoms with Gasteiger partial charge in [0.2, 0.25) is 5.92 Å². The van der Waals surface area contributed by atoms with Crippen LogP contribution in [0.3, 0.4) is 0 Å². The fourth-order valence-electron chi connectivity index (χ4n) is 2.31. The van der Waals surface area contributed by atoms with Gasteiger partial charge in [-0.25, -0.2) is 17.6 Å². The SMILES string of the molecule is NCC1(c2cc(F)c(Cl)cc2F)CC(F)(F)C1. The van der Waals surface area contributed by atoms with Gasteiger partial charge >= 0.3 is 0 Å². The first-order valence-electron chi connectivity index (χ1n) is 5.03. The summed E-state index contributed by atoms with van der Waals surface area (Å²) < 4.78 is 52.7. The van der Waals surface area contributed by atoms with Gasteiger partial charge in [-0.15, -0.1) is 0 Å². The molecular formula is C11H10ClF4N. The van der Waals surface area contributed by atoms with Gasteiger partial charge in [-0.3, -0.25) is 0 Å². The Balaban J connectivity index is 2.43. The smallest absolute Gasteiger partial charge is 0.250 e. The summed E-state index contributed by atoms with van der Waals surface area (Å²) in [6, 6.07) is 1.65. The molecule has 1 nitrogen and oxygen atoms in total. The van der Waals surface area contributed by atoms with Crippen LogP contribution in [0, 0.1) is 11.6 Å². The van der Waals surface area contributed by atoms with Crippen molar-refractivity contribution in [1.29, 1.82) is 0 Å². The quantitative estimate of drug-likeness (QED) is 0.646. The summed E-state index contributed by atoms with van der Waals surface area (Å²) in [5.74, 6) is -4.48. The highest BCUT2D eigenvalue weighted by Gasteiger charge is 2.57. The highest BCUT2D eigenvalue weighted by molar-refractivity contribution is 6.30.